The van der Waals surface area contributed by atoms with Gasteiger partial charge >= 0.3 is 0 Å². The van der Waals surface area contributed by atoms with E-state index in [2.05, 4.69) is 12.2 Å². The minimum absolute atomic E-state index is 0.228. The second kappa shape index (κ2) is 6.28. The third-order valence-electron chi connectivity index (χ3n) is 2.82. The zero-order valence-electron chi connectivity index (χ0n) is 10.1. The maximum absolute atomic E-state index is 6.03. The Bertz CT molecular complexity index is 497. The van der Waals surface area contributed by atoms with Crippen LogP contribution >= 0.6 is 23.2 Å². The van der Waals surface area contributed by atoms with Gasteiger partial charge in [-0.2, -0.15) is 0 Å². The van der Waals surface area contributed by atoms with Crippen LogP contribution in [-0.4, -0.2) is 6.54 Å². The molecular weight excluding hydrogens is 269 g/mol. The van der Waals surface area contributed by atoms with E-state index in [1.807, 2.05) is 24.3 Å². The van der Waals surface area contributed by atoms with E-state index in [1.165, 1.54) is 0 Å². The van der Waals surface area contributed by atoms with E-state index in [1.54, 1.807) is 12.5 Å². The molecule has 4 heteroatoms. The highest BCUT2D eigenvalue weighted by atomic mass is 35.5. The fraction of sp³-hybridized carbons (Fsp3) is 0.286. The Labute approximate surface area is 117 Å². The molecule has 0 amide bonds. The molecule has 0 aliphatic carbocycles. The average molecular weight is 284 g/mol. The first-order valence-corrected chi connectivity index (χ1v) is 6.65. The molecule has 0 bridgehead atoms. The van der Waals surface area contributed by atoms with Gasteiger partial charge in [-0.1, -0.05) is 36.2 Å². The van der Waals surface area contributed by atoms with Crippen molar-refractivity contribution >= 4 is 23.2 Å². The van der Waals surface area contributed by atoms with Crippen molar-refractivity contribution in [2.75, 3.05) is 6.54 Å². The molecule has 1 heterocycles. The van der Waals surface area contributed by atoms with Crippen LogP contribution in [0, 0.1) is 0 Å². The molecule has 2 aromatic rings. The molecule has 1 unspecified atom stereocenters. The summed E-state index contributed by atoms with van der Waals surface area (Å²) in [6.45, 7) is 2.99. The monoisotopic (exact) mass is 283 g/mol. The number of nitrogens with one attached hydrogen (secondary N) is 1. The van der Waals surface area contributed by atoms with Crippen LogP contribution in [0.15, 0.2) is 41.2 Å². The highest BCUT2D eigenvalue weighted by Gasteiger charge is 2.13. The van der Waals surface area contributed by atoms with E-state index in [-0.39, 0.29) is 6.04 Å². The van der Waals surface area contributed by atoms with Crippen molar-refractivity contribution in [1.82, 2.24) is 5.32 Å². The number of benzene rings is 1. The summed E-state index contributed by atoms with van der Waals surface area (Å²) in [5.41, 5.74) is 2.29. The maximum Gasteiger partial charge on any atom is 0.0950 e. The van der Waals surface area contributed by atoms with Crippen molar-refractivity contribution in [2.24, 2.45) is 0 Å². The average Bonchev–Trinajstić information content (AvgIpc) is 2.87. The molecule has 2 rings (SSSR count). The second-order valence-electron chi connectivity index (χ2n) is 4.12. The Morgan fingerprint density at radius 3 is 2.67 bits per heavy atom. The maximum atomic E-state index is 6.03. The van der Waals surface area contributed by atoms with Crippen molar-refractivity contribution in [3.63, 3.8) is 0 Å². The van der Waals surface area contributed by atoms with E-state index < -0.39 is 0 Å². The van der Waals surface area contributed by atoms with Gasteiger partial charge in [-0.05, 0) is 36.7 Å². The fourth-order valence-corrected chi connectivity index (χ4v) is 2.25. The predicted molar refractivity (Wildman–Crippen MR) is 75.3 cm³/mol. The zero-order valence-corrected chi connectivity index (χ0v) is 11.6. The van der Waals surface area contributed by atoms with E-state index in [4.69, 9.17) is 27.6 Å². The molecule has 1 aromatic carbocycles. The van der Waals surface area contributed by atoms with Crippen molar-refractivity contribution in [3.8, 4) is 0 Å². The molecule has 18 heavy (non-hydrogen) atoms. The van der Waals surface area contributed by atoms with Crippen LogP contribution in [0.1, 0.15) is 24.1 Å². The number of rotatable bonds is 5. The van der Waals surface area contributed by atoms with Gasteiger partial charge in [-0.15, -0.1) is 0 Å². The van der Waals surface area contributed by atoms with Crippen molar-refractivity contribution in [3.05, 3.63) is 58.0 Å². The Balaban J connectivity index is 2.16. The first-order valence-electron chi connectivity index (χ1n) is 5.90. The van der Waals surface area contributed by atoms with Crippen molar-refractivity contribution in [2.45, 2.75) is 19.4 Å². The topological polar surface area (TPSA) is 25.2 Å². The van der Waals surface area contributed by atoms with E-state index >= 15 is 0 Å². The van der Waals surface area contributed by atoms with Crippen molar-refractivity contribution in [1.29, 1.82) is 0 Å². The summed E-state index contributed by atoms with van der Waals surface area (Å²) in [5, 5.41) is 4.61. The van der Waals surface area contributed by atoms with Crippen LogP contribution in [0.3, 0.4) is 0 Å². The lowest BCUT2D eigenvalue weighted by molar-refractivity contribution is 0.525. The van der Waals surface area contributed by atoms with Gasteiger partial charge in [0, 0.05) is 11.6 Å². The summed E-state index contributed by atoms with van der Waals surface area (Å²) in [5.74, 6) is 0. The Morgan fingerprint density at radius 1 is 1.22 bits per heavy atom. The van der Waals surface area contributed by atoms with Gasteiger partial charge in [-0.3, -0.25) is 0 Å². The zero-order chi connectivity index (χ0) is 13.0. The molecule has 0 saturated heterocycles. The van der Waals surface area contributed by atoms with Crippen LogP contribution < -0.4 is 5.32 Å². The van der Waals surface area contributed by atoms with Gasteiger partial charge in [0.1, 0.15) is 0 Å². The molecular formula is C14H15Cl2NO. The molecule has 1 N–H and O–H groups in total. The lowest BCUT2D eigenvalue weighted by Gasteiger charge is -2.16. The Hall–Kier alpha value is -0.960. The van der Waals surface area contributed by atoms with Gasteiger partial charge in [0.25, 0.3) is 0 Å². The van der Waals surface area contributed by atoms with Gasteiger partial charge in [-0.25, -0.2) is 0 Å². The molecule has 0 fully saturated rings. The summed E-state index contributed by atoms with van der Waals surface area (Å²) in [6.07, 6.45) is 4.31. The highest BCUT2D eigenvalue weighted by molar-refractivity contribution is 6.42. The molecule has 1 atom stereocenters. The SMILES string of the molecule is CCNC(Cc1ccc(Cl)c(Cl)c1)c1ccoc1. The van der Waals surface area contributed by atoms with Crippen LogP contribution in [-0.2, 0) is 6.42 Å². The van der Waals surface area contributed by atoms with E-state index in [9.17, 15) is 0 Å². The normalized spacial score (nSPS) is 12.6. The van der Waals surface area contributed by atoms with Crippen LogP contribution in [0.2, 0.25) is 10.0 Å². The van der Waals surface area contributed by atoms with Gasteiger partial charge in [0.2, 0.25) is 0 Å². The van der Waals surface area contributed by atoms with Gasteiger partial charge in [0.15, 0.2) is 0 Å². The number of halogens is 2. The summed E-state index contributed by atoms with van der Waals surface area (Å²) in [4.78, 5) is 0. The first-order chi connectivity index (χ1) is 8.70. The van der Waals surface area contributed by atoms with E-state index in [0.717, 1.165) is 24.1 Å². The van der Waals surface area contributed by atoms with Gasteiger partial charge in [0.05, 0.1) is 22.6 Å². The number of hydrogen-bond donors (Lipinski definition) is 1. The molecule has 96 valence electrons. The Kier molecular flexibility index (Phi) is 4.70. The second-order valence-corrected chi connectivity index (χ2v) is 4.93. The highest BCUT2D eigenvalue weighted by Crippen LogP contribution is 2.25. The predicted octanol–water partition coefficient (Wildman–Crippen LogP) is 4.48. The largest absolute Gasteiger partial charge is 0.472 e. The third kappa shape index (κ3) is 3.29. The summed E-state index contributed by atoms with van der Waals surface area (Å²) in [7, 11) is 0. The molecule has 2 nitrogen and oxygen atoms in total. The summed E-state index contributed by atoms with van der Waals surface area (Å²) >= 11 is 11.9. The first kappa shape index (κ1) is 13.5. The molecule has 0 aliphatic heterocycles. The lowest BCUT2D eigenvalue weighted by Crippen LogP contribution is -2.22. The van der Waals surface area contributed by atoms with Crippen LogP contribution in [0.25, 0.3) is 0 Å². The van der Waals surface area contributed by atoms with E-state index in [0.29, 0.717) is 10.0 Å². The summed E-state index contributed by atoms with van der Waals surface area (Å²) in [6, 6.07) is 7.95. The minimum Gasteiger partial charge on any atom is -0.472 e. The third-order valence-corrected chi connectivity index (χ3v) is 3.56. The smallest absolute Gasteiger partial charge is 0.0950 e. The van der Waals surface area contributed by atoms with Crippen LogP contribution in [0.4, 0.5) is 0 Å². The number of hydrogen-bond acceptors (Lipinski definition) is 2. The number of furan rings is 1. The molecule has 1 aromatic heterocycles. The molecule has 0 radical (unpaired) electrons. The molecule has 0 aliphatic rings. The molecule has 0 saturated carbocycles. The summed E-state index contributed by atoms with van der Waals surface area (Å²) < 4.78 is 5.14. The quantitative estimate of drug-likeness (QED) is 0.875. The standard InChI is InChI=1S/C14H15Cl2NO/c1-2-17-14(11-5-6-18-9-11)8-10-3-4-12(15)13(16)7-10/h3-7,9,14,17H,2,8H2,1H3. The fourth-order valence-electron chi connectivity index (χ4n) is 1.93. The molecule has 0 spiro atoms. The lowest BCUT2D eigenvalue weighted by atomic mass is 10.0. The van der Waals surface area contributed by atoms with Crippen LogP contribution in [0.5, 0.6) is 0 Å². The Morgan fingerprint density at radius 2 is 2.06 bits per heavy atom. The van der Waals surface area contributed by atoms with Crippen molar-refractivity contribution < 1.29 is 4.42 Å². The minimum atomic E-state index is 0.228. The number of likely N-dealkylation sites (N-methyl/N-ethyl adjacent to an activating group) is 1. The van der Waals surface area contributed by atoms with Gasteiger partial charge < -0.3 is 9.73 Å².